The van der Waals surface area contributed by atoms with E-state index in [9.17, 15) is 9.59 Å². The maximum Gasteiger partial charge on any atom is 0.325 e. The Labute approximate surface area is 179 Å². The van der Waals surface area contributed by atoms with Crippen molar-refractivity contribution in [3.05, 3.63) is 70.2 Å². The van der Waals surface area contributed by atoms with Crippen LogP contribution in [0, 0.1) is 6.92 Å². The van der Waals surface area contributed by atoms with Crippen LogP contribution in [0.25, 0.3) is 0 Å². The van der Waals surface area contributed by atoms with Crippen molar-refractivity contribution in [3.8, 4) is 0 Å². The van der Waals surface area contributed by atoms with E-state index in [1.165, 1.54) is 4.90 Å². The van der Waals surface area contributed by atoms with Gasteiger partial charge in [0.25, 0.3) is 5.91 Å². The smallest absolute Gasteiger partial charge is 0.321 e. The van der Waals surface area contributed by atoms with Gasteiger partial charge in [0.1, 0.15) is 0 Å². The van der Waals surface area contributed by atoms with Crippen LogP contribution in [-0.4, -0.2) is 53.2 Å². The minimum atomic E-state index is -0.646. The number of amides is 3. The third-order valence-electron chi connectivity index (χ3n) is 5.11. The van der Waals surface area contributed by atoms with E-state index in [4.69, 9.17) is 11.6 Å². The zero-order valence-electron chi connectivity index (χ0n) is 16.5. The molecule has 154 valence electrons. The van der Waals surface area contributed by atoms with Crippen molar-refractivity contribution in [3.63, 3.8) is 0 Å². The van der Waals surface area contributed by atoms with Crippen LogP contribution < -0.4 is 10.7 Å². The van der Waals surface area contributed by atoms with Gasteiger partial charge in [0.05, 0.1) is 6.21 Å². The largest absolute Gasteiger partial charge is 0.325 e. The van der Waals surface area contributed by atoms with Crippen LogP contribution >= 0.6 is 11.6 Å². The quantitative estimate of drug-likeness (QED) is 0.582. The monoisotopic (exact) mass is 424 g/mol. The van der Waals surface area contributed by atoms with Crippen molar-refractivity contribution in [2.24, 2.45) is 10.1 Å². The van der Waals surface area contributed by atoms with Gasteiger partial charge in [0, 0.05) is 24.2 Å². The van der Waals surface area contributed by atoms with Crippen LogP contribution in [-0.2, 0) is 11.3 Å². The van der Waals surface area contributed by atoms with E-state index in [-0.39, 0.29) is 5.91 Å². The van der Waals surface area contributed by atoms with Crippen molar-refractivity contribution in [2.75, 3.05) is 7.05 Å². The second-order valence-corrected chi connectivity index (χ2v) is 7.63. The van der Waals surface area contributed by atoms with E-state index >= 15 is 0 Å². The van der Waals surface area contributed by atoms with Crippen LogP contribution in [0.2, 0.25) is 5.02 Å². The van der Waals surface area contributed by atoms with Crippen molar-refractivity contribution in [1.82, 2.24) is 20.5 Å². The van der Waals surface area contributed by atoms with E-state index in [0.29, 0.717) is 17.5 Å². The van der Waals surface area contributed by atoms with Gasteiger partial charge in [-0.15, -0.1) is 0 Å². The standard InChI is InChI=1S/C21H21ClN6O2/c1-13-7-9-14(10-8-13)12-28-17-18(27(2)21(30)25-19(17)29)24-20(28)26-23-11-15-5-3-4-6-16(15)22/h3-11,17-18H,12H2,1-2H3,(H,24,26)(H,25,29,30)/b23-11+. The number of hydrogen-bond acceptors (Lipinski definition) is 6. The van der Waals surface area contributed by atoms with Crippen molar-refractivity contribution in [2.45, 2.75) is 25.7 Å². The fourth-order valence-electron chi connectivity index (χ4n) is 3.42. The highest BCUT2D eigenvalue weighted by Gasteiger charge is 2.48. The first-order chi connectivity index (χ1) is 14.4. The summed E-state index contributed by atoms with van der Waals surface area (Å²) in [7, 11) is 1.61. The Morgan fingerprint density at radius 1 is 1.20 bits per heavy atom. The molecule has 2 aliphatic rings. The Morgan fingerprint density at radius 2 is 1.93 bits per heavy atom. The lowest BCUT2D eigenvalue weighted by Crippen LogP contribution is -2.63. The minimum absolute atomic E-state index is 0.383. The van der Waals surface area contributed by atoms with Gasteiger partial charge >= 0.3 is 6.03 Å². The minimum Gasteiger partial charge on any atom is -0.321 e. The highest BCUT2D eigenvalue weighted by atomic mass is 35.5. The number of hydrogen-bond donors (Lipinski definition) is 2. The summed E-state index contributed by atoms with van der Waals surface area (Å²) in [6.07, 6.45) is 0.959. The molecule has 0 aliphatic carbocycles. The fourth-order valence-corrected chi connectivity index (χ4v) is 3.61. The van der Waals surface area contributed by atoms with Crippen molar-refractivity contribution < 1.29 is 9.59 Å². The number of hydrazone groups is 1. The predicted molar refractivity (Wildman–Crippen MR) is 115 cm³/mol. The topological polar surface area (TPSA) is 89.4 Å². The molecule has 2 aromatic carbocycles. The molecule has 2 atom stereocenters. The number of guanidine groups is 1. The molecule has 2 aromatic rings. The summed E-state index contributed by atoms with van der Waals surface area (Å²) >= 11 is 6.17. The number of aliphatic imine (C=N–C) groups is 1. The molecular weight excluding hydrogens is 404 g/mol. The summed E-state index contributed by atoms with van der Waals surface area (Å²) in [4.78, 5) is 32.5. The molecule has 0 spiro atoms. The molecule has 3 amide bonds. The lowest BCUT2D eigenvalue weighted by atomic mass is 10.1. The molecule has 2 N–H and O–H groups in total. The molecule has 0 bridgehead atoms. The third kappa shape index (κ3) is 3.86. The van der Waals surface area contributed by atoms with Crippen LogP contribution in [0.4, 0.5) is 4.79 Å². The second-order valence-electron chi connectivity index (χ2n) is 7.22. The molecule has 9 heteroatoms. The lowest BCUT2D eigenvalue weighted by Gasteiger charge is -2.36. The first-order valence-electron chi connectivity index (χ1n) is 9.45. The maximum absolute atomic E-state index is 12.6. The SMILES string of the molecule is Cc1ccc(CN2C(N/N=C/c3ccccc3Cl)=NC3C2C(=O)NC(=O)N3C)cc1. The van der Waals surface area contributed by atoms with Gasteiger partial charge in [-0.3, -0.25) is 10.1 Å². The zero-order valence-corrected chi connectivity index (χ0v) is 17.3. The van der Waals surface area contributed by atoms with Gasteiger partial charge in [-0.1, -0.05) is 59.6 Å². The average Bonchev–Trinajstić information content (AvgIpc) is 3.08. The van der Waals surface area contributed by atoms with Gasteiger partial charge in [-0.05, 0) is 18.6 Å². The Hall–Kier alpha value is -3.39. The van der Waals surface area contributed by atoms with E-state index in [1.807, 2.05) is 54.3 Å². The first kappa shape index (κ1) is 19.9. The lowest BCUT2D eigenvalue weighted by molar-refractivity contribution is -0.127. The number of likely N-dealkylation sites (N-methyl/N-ethyl adjacent to an activating group) is 1. The molecule has 8 nitrogen and oxygen atoms in total. The highest BCUT2D eigenvalue weighted by molar-refractivity contribution is 6.33. The Morgan fingerprint density at radius 3 is 2.67 bits per heavy atom. The van der Waals surface area contributed by atoms with Gasteiger partial charge in [-0.2, -0.15) is 5.10 Å². The van der Waals surface area contributed by atoms with E-state index in [1.54, 1.807) is 19.3 Å². The van der Waals surface area contributed by atoms with E-state index < -0.39 is 18.2 Å². The van der Waals surface area contributed by atoms with Crippen LogP contribution in [0.15, 0.2) is 58.6 Å². The Kier molecular flexibility index (Phi) is 5.41. The normalized spacial score (nSPS) is 21.0. The summed E-state index contributed by atoms with van der Waals surface area (Å²) < 4.78 is 0. The molecule has 1 saturated heterocycles. The molecule has 1 fully saturated rings. The number of nitrogens with one attached hydrogen (secondary N) is 2. The van der Waals surface area contributed by atoms with E-state index in [2.05, 4.69) is 20.8 Å². The summed E-state index contributed by atoms with van der Waals surface area (Å²) in [5.74, 6) is 0.0245. The average molecular weight is 425 g/mol. The number of urea groups is 1. The van der Waals surface area contributed by atoms with Crippen LogP contribution in [0.3, 0.4) is 0 Å². The molecule has 0 radical (unpaired) electrons. The number of fused-ring (bicyclic) bond motifs is 1. The number of carbonyl (C=O) groups is 2. The molecule has 2 unspecified atom stereocenters. The number of imide groups is 1. The third-order valence-corrected chi connectivity index (χ3v) is 5.45. The highest BCUT2D eigenvalue weighted by Crippen LogP contribution is 2.25. The molecule has 0 aromatic heterocycles. The number of benzene rings is 2. The Bertz CT molecular complexity index is 1040. The zero-order chi connectivity index (χ0) is 21.3. The number of rotatable bonds is 4. The summed E-state index contributed by atoms with van der Waals surface area (Å²) in [5.41, 5.74) is 5.83. The van der Waals surface area contributed by atoms with Crippen LogP contribution in [0.5, 0.6) is 0 Å². The molecule has 2 aliphatic heterocycles. The Balaban J connectivity index is 1.60. The van der Waals surface area contributed by atoms with Gasteiger partial charge < -0.3 is 9.80 Å². The molecule has 4 rings (SSSR count). The second kappa shape index (κ2) is 8.16. The van der Waals surface area contributed by atoms with Crippen LogP contribution in [0.1, 0.15) is 16.7 Å². The van der Waals surface area contributed by atoms with Crippen molar-refractivity contribution >= 4 is 35.7 Å². The number of nitrogens with zero attached hydrogens (tertiary/aromatic N) is 4. The van der Waals surface area contributed by atoms with Gasteiger partial charge in [-0.25, -0.2) is 15.2 Å². The molecule has 0 saturated carbocycles. The molecule has 30 heavy (non-hydrogen) atoms. The molecule has 2 heterocycles. The van der Waals surface area contributed by atoms with Crippen molar-refractivity contribution in [1.29, 1.82) is 0 Å². The molecular formula is C21H21ClN6O2. The maximum atomic E-state index is 12.6. The summed E-state index contributed by atoms with van der Waals surface area (Å²) in [5, 5.41) is 7.21. The van der Waals surface area contributed by atoms with Gasteiger partial charge in [0.15, 0.2) is 12.2 Å². The number of carbonyl (C=O) groups excluding carboxylic acids is 2. The predicted octanol–water partition coefficient (Wildman–Crippen LogP) is 2.32. The number of aryl methyl sites for hydroxylation is 1. The fraction of sp³-hybridized carbons (Fsp3) is 0.238. The van der Waals surface area contributed by atoms with Gasteiger partial charge in [0.2, 0.25) is 5.96 Å². The first-order valence-corrected chi connectivity index (χ1v) is 9.83. The van der Waals surface area contributed by atoms with E-state index in [0.717, 1.165) is 16.7 Å². The number of halogens is 1. The summed E-state index contributed by atoms with van der Waals surface area (Å²) in [6, 6.07) is 14.2. The summed E-state index contributed by atoms with van der Waals surface area (Å²) in [6.45, 7) is 2.45.